The van der Waals surface area contributed by atoms with Crippen LogP contribution in [0.3, 0.4) is 0 Å². The lowest BCUT2D eigenvalue weighted by Gasteiger charge is -2.12. The fraction of sp³-hybridized carbons (Fsp3) is 0.273. The van der Waals surface area contributed by atoms with Crippen molar-refractivity contribution in [1.29, 1.82) is 0 Å². The summed E-state index contributed by atoms with van der Waals surface area (Å²) < 4.78 is 34.1. The third kappa shape index (κ3) is 4.29. The fourth-order valence-electron chi connectivity index (χ4n) is 3.16. The molecule has 0 saturated heterocycles. The number of carbonyl (C=O) groups excluding carboxylic acids is 1. The summed E-state index contributed by atoms with van der Waals surface area (Å²) in [6.45, 7) is 5.98. The van der Waals surface area contributed by atoms with Gasteiger partial charge in [0.25, 0.3) is 0 Å². The normalized spacial score (nSPS) is 11.0. The standard InChI is InChI=1S/C22H23F2N3O2/c1-12(2)16-8-18(23)20(19(24)9-16)21-17(11-26-27-21)14-5-6-15(13(3)7-14)10-25-22(28)29-4/h5-9,11-12H,10H2,1-4H3,(H,25,28)(H,26,27). The quantitative estimate of drug-likeness (QED) is 0.611. The molecule has 1 heterocycles. The Balaban J connectivity index is 1.97. The number of H-pyrrole nitrogens is 1. The van der Waals surface area contributed by atoms with Crippen molar-refractivity contribution in [2.24, 2.45) is 0 Å². The van der Waals surface area contributed by atoms with Gasteiger partial charge in [-0.2, -0.15) is 5.10 Å². The summed E-state index contributed by atoms with van der Waals surface area (Å²) in [6, 6.07) is 8.29. The largest absolute Gasteiger partial charge is 0.453 e. The van der Waals surface area contributed by atoms with Crippen LogP contribution in [-0.2, 0) is 11.3 Å². The number of aromatic amines is 1. The fourth-order valence-corrected chi connectivity index (χ4v) is 3.16. The lowest BCUT2D eigenvalue weighted by atomic mass is 9.95. The molecule has 152 valence electrons. The van der Waals surface area contributed by atoms with Crippen LogP contribution in [0.4, 0.5) is 13.6 Å². The third-order valence-electron chi connectivity index (χ3n) is 4.88. The van der Waals surface area contributed by atoms with Crippen LogP contribution in [0.1, 0.15) is 36.5 Å². The molecule has 3 rings (SSSR count). The van der Waals surface area contributed by atoms with Crippen molar-refractivity contribution in [2.75, 3.05) is 7.11 Å². The first kappa shape index (κ1) is 20.5. The number of nitrogens with zero attached hydrogens (tertiary/aromatic N) is 1. The van der Waals surface area contributed by atoms with Gasteiger partial charge in [-0.3, -0.25) is 5.10 Å². The maximum absolute atomic E-state index is 14.7. The van der Waals surface area contributed by atoms with Gasteiger partial charge in [0.1, 0.15) is 11.6 Å². The van der Waals surface area contributed by atoms with Gasteiger partial charge in [-0.1, -0.05) is 32.0 Å². The molecule has 2 N–H and O–H groups in total. The number of rotatable bonds is 5. The average Bonchev–Trinajstić information content (AvgIpc) is 3.15. The number of aryl methyl sites for hydroxylation is 1. The first-order chi connectivity index (χ1) is 13.8. The molecule has 0 radical (unpaired) electrons. The van der Waals surface area contributed by atoms with Crippen LogP contribution in [0.2, 0.25) is 0 Å². The zero-order valence-corrected chi connectivity index (χ0v) is 16.8. The molecule has 29 heavy (non-hydrogen) atoms. The second kappa shape index (κ2) is 8.43. The van der Waals surface area contributed by atoms with Crippen LogP contribution >= 0.6 is 0 Å². The van der Waals surface area contributed by atoms with Gasteiger partial charge in [0, 0.05) is 12.1 Å². The highest BCUT2D eigenvalue weighted by atomic mass is 19.1. The third-order valence-corrected chi connectivity index (χ3v) is 4.88. The van der Waals surface area contributed by atoms with E-state index in [9.17, 15) is 13.6 Å². The molecule has 2 aromatic carbocycles. The van der Waals surface area contributed by atoms with Crippen molar-refractivity contribution in [1.82, 2.24) is 15.5 Å². The lowest BCUT2D eigenvalue weighted by Crippen LogP contribution is -2.22. The molecule has 0 aliphatic carbocycles. The Morgan fingerprint density at radius 2 is 1.90 bits per heavy atom. The van der Waals surface area contributed by atoms with E-state index >= 15 is 0 Å². The number of nitrogens with one attached hydrogen (secondary N) is 2. The van der Waals surface area contributed by atoms with E-state index in [-0.39, 0.29) is 17.2 Å². The van der Waals surface area contributed by atoms with E-state index in [2.05, 4.69) is 20.3 Å². The van der Waals surface area contributed by atoms with Crippen molar-refractivity contribution < 1.29 is 18.3 Å². The Bertz CT molecular complexity index is 1020. The highest BCUT2D eigenvalue weighted by Gasteiger charge is 2.20. The van der Waals surface area contributed by atoms with Crippen LogP contribution in [-0.4, -0.2) is 23.4 Å². The summed E-state index contributed by atoms with van der Waals surface area (Å²) in [5, 5.41) is 9.37. The van der Waals surface area contributed by atoms with Crippen LogP contribution in [0.5, 0.6) is 0 Å². The molecule has 5 nitrogen and oxygen atoms in total. The van der Waals surface area contributed by atoms with Crippen molar-refractivity contribution in [3.8, 4) is 22.4 Å². The van der Waals surface area contributed by atoms with Gasteiger partial charge in [-0.15, -0.1) is 0 Å². The molecule has 0 bridgehead atoms. The molecule has 7 heteroatoms. The van der Waals surface area contributed by atoms with Gasteiger partial charge < -0.3 is 10.1 Å². The zero-order valence-electron chi connectivity index (χ0n) is 16.8. The first-order valence-electron chi connectivity index (χ1n) is 9.26. The molecule has 1 aromatic heterocycles. The van der Waals surface area contributed by atoms with Gasteiger partial charge in [0.15, 0.2) is 0 Å². The monoisotopic (exact) mass is 399 g/mol. The molecule has 1 amide bonds. The summed E-state index contributed by atoms with van der Waals surface area (Å²) in [5.74, 6) is -1.24. The maximum atomic E-state index is 14.7. The van der Waals surface area contributed by atoms with E-state index in [1.54, 1.807) is 6.20 Å². The highest BCUT2D eigenvalue weighted by Crippen LogP contribution is 2.35. The van der Waals surface area contributed by atoms with Crippen LogP contribution in [0.25, 0.3) is 22.4 Å². The van der Waals surface area contributed by atoms with E-state index in [4.69, 9.17) is 0 Å². The molecule has 0 fully saturated rings. The van der Waals surface area contributed by atoms with Gasteiger partial charge >= 0.3 is 6.09 Å². The number of hydrogen-bond acceptors (Lipinski definition) is 3. The van der Waals surface area contributed by atoms with E-state index in [1.165, 1.54) is 19.2 Å². The molecule has 0 aliphatic heterocycles. The minimum Gasteiger partial charge on any atom is -0.453 e. The molecule has 0 unspecified atom stereocenters. The summed E-state index contributed by atoms with van der Waals surface area (Å²) >= 11 is 0. The number of alkyl carbamates (subject to hydrolysis) is 1. The molecule has 0 saturated carbocycles. The van der Waals surface area contributed by atoms with Crippen molar-refractivity contribution in [3.63, 3.8) is 0 Å². The summed E-state index contributed by atoms with van der Waals surface area (Å²) in [5.41, 5.74) is 3.94. The molecular weight excluding hydrogens is 376 g/mol. The number of amides is 1. The smallest absolute Gasteiger partial charge is 0.407 e. The number of benzene rings is 2. The Labute approximate surface area is 168 Å². The maximum Gasteiger partial charge on any atom is 0.407 e. The molecule has 0 aliphatic rings. The number of carbonyl (C=O) groups is 1. The van der Waals surface area contributed by atoms with Crippen LogP contribution in [0, 0.1) is 18.6 Å². The zero-order chi connectivity index (χ0) is 21.1. The van der Waals surface area contributed by atoms with Crippen molar-refractivity contribution in [2.45, 2.75) is 33.2 Å². The highest BCUT2D eigenvalue weighted by molar-refractivity contribution is 5.81. The van der Waals surface area contributed by atoms with Gasteiger partial charge in [-0.25, -0.2) is 13.6 Å². The lowest BCUT2D eigenvalue weighted by molar-refractivity contribution is 0.170. The number of hydrogen-bond donors (Lipinski definition) is 2. The Hall–Kier alpha value is -3.22. The Morgan fingerprint density at radius 1 is 1.21 bits per heavy atom. The van der Waals surface area contributed by atoms with E-state index in [1.807, 2.05) is 39.0 Å². The number of halogens is 2. The molecular formula is C22H23F2N3O2. The number of aromatic nitrogens is 2. The van der Waals surface area contributed by atoms with E-state index in [0.717, 1.165) is 16.7 Å². The Morgan fingerprint density at radius 3 is 2.48 bits per heavy atom. The second-order valence-corrected chi connectivity index (χ2v) is 7.16. The van der Waals surface area contributed by atoms with E-state index < -0.39 is 17.7 Å². The number of ether oxygens (including phenoxy) is 1. The van der Waals surface area contributed by atoms with E-state index in [0.29, 0.717) is 17.7 Å². The van der Waals surface area contributed by atoms with Gasteiger partial charge in [0.2, 0.25) is 0 Å². The van der Waals surface area contributed by atoms with Crippen LogP contribution < -0.4 is 5.32 Å². The SMILES string of the molecule is COC(=O)NCc1ccc(-c2cn[nH]c2-c2c(F)cc(C(C)C)cc2F)cc1C. The summed E-state index contributed by atoms with van der Waals surface area (Å²) in [6.07, 6.45) is 1.03. The van der Waals surface area contributed by atoms with Crippen LogP contribution in [0.15, 0.2) is 36.5 Å². The van der Waals surface area contributed by atoms with Gasteiger partial charge in [0.05, 0.1) is 24.6 Å². The predicted molar refractivity (Wildman–Crippen MR) is 107 cm³/mol. The Kier molecular flexibility index (Phi) is 5.96. The van der Waals surface area contributed by atoms with Gasteiger partial charge in [-0.05, 0) is 47.2 Å². The average molecular weight is 399 g/mol. The summed E-state index contributed by atoms with van der Waals surface area (Å²) in [4.78, 5) is 11.3. The minimum atomic E-state index is -0.630. The second-order valence-electron chi connectivity index (χ2n) is 7.16. The number of methoxy groups -OCH3 is 1. The topological polar surface area (TPSA) is 67.0 Å². The molecule has 0 spiro atoms. The first-order valence-corrected chi connectivity index (χ1v) is 9.26. The van der Waals surface area contributed by atoms with Crippen molar-refractivity contribution in [3.05, 3.63) is 64.9 Å². The summed E-state index contributed by atoms with van der Waals surface area (Å²) in [7, 11) is 1.30. The molecule has 0 atom stereocenters. The minimum absolute atomic E-state index is 0.0167. The molecule has 3 aromatic rings. The van der Waals surface area contributed by atoms with Crippen molar-refractivity contribution >= 4 is 6.09 Å². The predicted octanol–water partition coefficient (Wildman–Crippen LogP) is 5.31.